The van der Waals surface area contributed by atoms with Crippen LogP contribution in [-0.2, 0) is 4.79 Å². The molecule has 1 heterocycles. The van der Waals surface area contributed by atoms with Crippen LogP contribution in [0.3, 0.4) is 0 Å². The Morgan fingerprint density at radius 2 is 1.96 bits per heavy atom. The van der Waals surface area contributed by atoms with Crippen LogP contribution in [0.1, 0.15) is 23.2 Å². The lowest BCUT2D eigenvalue weighted by Crippen LogP contribution is -2.43. The second-order valence-corrected chi connectivity index (χ2v) is 6.84. The number of nitrogens with zero attached hydrogens (tertiary/aromatic N) is 1. The van der Waals surface area contributed by atoms with Crippen molar-refractivity contribution in [3.8, 4) is 5.75 Å². The quantitative estimate of drug-likeness (QED) is 0.859. The van der Waals surface area contributed by atoms with Crippen molar-refractivity contribution >= 4 is 29.1 Å². The van der Waals surface area contributed by atoms with Gasteiger partial charge in [0, 0.05) is 24.7 Å². The number of ether oxygens (including phenoxy) is 1. The number of methoxy groups -OCH3 is 1. The molecule has 0 saturated carbocycles. The predicted molar refractivity (Wildman–Crippen MR) is 102 cm³/mol. The van der Waals surface area contributed by atoms with Gasteiger partial charge in [-0.15, -0.1) is 0 Å². The average molecular weight is 391 g/mol. The molecule has 0 aromatic heterocycles. The third-order valence-corrected chi connectivity index (χ3v) is 4.92. The van der Waals surface area contributed by atoms with Crippen LogP contribution in [0.2, 0.25) is 5.02 Å². The Bertz CT molecular complexity index is 842. The lowest BCUT2D eigenvalue weighted by atomic mass is 9.96. The van der Waals surface area contributed by atoms with E-state index < -0.39 is 0 Å². The monoisotopic (exact) mass is 390 g/mol. The van der Waals surface area contributed by atoms with Crippen LogP contribution in [0.25, 0.3) is 0 Å². The first kappa shape index (κ1) is 19.2. The first-order valence-corrected chi connectivity index (χ1v) is 9.05. The van der Waals surface area contributed by atoms with Gasteiger partial charge in [0.25, 0.3) is 5.91 Å². The smallest absolute Gasteiger partial charge is 0.253 e. The molecule has 0 radical (unpaired) electrons. The van der Waals surface area contributed by atoms with Crippen molar-refractivity contribution in [3.05, 3.63) is 58.9 Å². The molecular weight excluding hydrogens is 371 g/mol. The molecule has 27 heavy (non-hydrogen) atoms. The molecule has 0 aliphatic carbocycles. The van der Waals surface area contributed by atoms with Crippen LogP contribution in [-0.4, -0.2) is 36.9 Å². The molecule has 1 aliphatic heterocycles. The second-order valence-electron chi connectivity index (χ2n) is 6.43. The third kappa shape index (κ3) is 4.57. The molecule has 1 fully saturated rings. The number of carbonyl (C=O) groups is 2. The molecule has 1 unspecified atom stereocenters. The van der Waals surface area contributed by atoms with Crippen LogP contribution in [0.15, 0.2) is 42.5 Å². The van der Waals surface area contributed by atoms with E-state index >= 15 is 0 Å². The van der Waals surface area contributed by atoms with Crippen molar-refractivity contribution < 1.29 is 18.7 Å². The zero-order chi connectivity index (χ0) is 19.4. The number of piperidine rings is 1. The SMILES string of the molecule is COc1ccc(NC(=O)C2CCCN(C(=O)c3ccc(F)cc3)C2)c(Cl)c1. The molecule has 2 aromatic rings. The summed E-state index contributed by atoms with van der Waals surface area (Å²) >= 11 is 6.17. The van der Waals surface area contributed by atoms with Crippen molar-refractivity contribution in [1.29, 1.82) is 0 Å². The summed E-state index contributed by atoms with van der Waals surface area (Å²) in [6.45, 7) is 0.888. The Balaban J connectivity index is 1.65. The first-order valence-electron chi connectivity index (χ1n) is 8.67. The second kappa shape index (κ2) is 8.39. The Labute approximate surface area is 162 Å². The summed E-state index contributed by atoms with van der Waals surface area (Å²) in [4.78, 5) is 26.9. The summed E-state index contributed by atoms with van der Waals surface area (Å²) in [5.41, 5.74) is 0.917. The van der Waals surface area contributed by atoms with E-state index in [-0.39, 0.29) is 23.5 Å². The number of benzene rings is 2. The fourth-order valence-corrected chi connectivity index (χ4v) is 3.33. The fraction of sp³-hybridized carbons (Fsp3) is 0.300. The van der Waals surface area contributed by atoms with E-state index in [0.717, 1.165) is 6.42 Å². The summed E-state index contributed by atoms with van der Waals surface area (Å²) in [6.07, 6.45) is 1.41. The summed E-state index contributed by atoms with van der Waals surface area (Å²) in [5.74, 6) is -0.500. The number of anilines is 1. The third-order valence-electron chi connectivity index (χ3n) is 4.60. The molecule has 5 nitrogen and oxygen atoms in total. The van der Waals surface area contributed by atoms with Crippen LogP contribution in [0.4, 0.5) is 10.1 Å². The van der Waals surface area contributed by atoms with Crippen molar-refractivity contribution in [1.82, 2.24) is 4.90 Å². The normalized spacial score (nSPS) is 16.7. The lowest BCUT2D eigenvalue weighted by Gasteiger charge is -2.32. The highest BCUT2D eigenvalue weighted by molar-refractivity contribution is 6.33. The van der Waals surface area contributed by atoms with Gasteiger partial charge in [-0.05, 0) is 49.2 Å². The number of hydrogen-bond acceptors (Lipinski definition) is 3. The molecule has 1 saturated heterocycles. The van der Waals surface area contributed by atoms with Crippen LogP contribution >= 0.6 is 11.6 Å². The number of likely N-dealkylation sites (tertiary alicyclic amines) is 1. The molecule has 0 bridgehead atoms. The Morgan fingerprint density at radius 3 is 2.63 bits per heavy atom. The van der Waals surface area contributed by atoms with E-state index in [0.29, 0.717) is 41.5 Å². The van der Waals surface area contributed by atoms with Gasteiger partial charge in [0.15, 0.2) is 0 Å². The standard InChI is InChI=1S/C20H20ClFN2O3/c1-27-16-8-9-18(17(21)11-16)23-19(25)14-3-2-10-24(12-14)20(26)13-4-6-15(22)7-5-13/h4-9,11,14H,2-3,10,12H2,1H3,(H,23,25). The van der Waals surface area contributed by atoms with Gasteiger partial charge in [-0.3, -0.25) is 9.59 Å². The molecule has 3 rings (SSSR count). The van der Waals surface area contributed by atoms with Gasteiger partial charge in [0.1, 0.15) is 11.6 Å². The topological polar surface area (TPSA) is 58.6 Å². The minimum Gasteiger partial charge on any atom is -0.497 e. The van der Waals surface area contributed by atoms with Gasteiger partial charge in [-0.2, -0.15) is 0 Å². The highest BCUT2D eigenvalue weighted by Gasteiger charge is 2.29. The fourth-order valence-electron chi connectivity index (χ4n) is 3.11. The van der Waals surface area contributed by atoms with E-state index in [9.17, 15) is 14.0 Å². The Kier molecular flexibility index (Phi) is 5.96. The summed E-state index contributed by atoms with van der Waals surface area (Å²) in [7, 11) is 1.54. The lowest BCUT2D eigenvalue weighted by molar-refractivity contribution is -0.121. The molecular formula is C20H20ClFN2O3. The summed E-state index contributed by atoms with van der Waals surface area (Å²) in [5, 5.41) is 3.21. The maximum absolute atomic E-state index is 13.1. The zero-order valence-electron chi connectivity index (χ0n) is 14.9. The molecule has 1 aliphatic rings. The van der Waals surface area contributed by atoms with Gasteiger partial charge >= 0.3 is 0 Å². The number of halogens is 2. The van der Waals surface area contributed by atoms with Crippen LogP contribution < -0.4 is 10.1 Å². The number of carbonyl (C=O) groups excluding carboxylic acids is 2. The van der Waals surface area contributed by atoms with Gasteiger partial charge in [-0.1, -0.05) is 11.6 Å². The first-order chi connectivity index (χ1) is 13.0. The molecule has 1 atom stereocenters. The van der Waals surface area contributed by atoms with Gasteiger partial charge in [0.2, 0.25) is 5.91 Å². The molecule has 1 N–H and O–H groups in total. The van der Waals surface area contributed by atoms with E-state index in [1.165, 1.54) is 24.3 Å². The maximum Gasteiger partial charge on any atom is 0.253 e. The zero-order valence-corrected chi connectivity index (χ0v) is 15.6. The van der Waals surface area contributed by atoms with Crippen molar-refractivity contribution in [2.75, 3.05) is 25.5 Å². The van der Waals surface area contributed by atoms with Crippen molar-refractivity contribution in [2.45, 2.75) is 12.8 Å². The number of amides is 2. The number of rotatable bonds is 4. The molecule has 2 amide bonds. The van der Waals surface area contributed by atoms with Crippen LogP contribution in [0.5, 0.6) is 5.75 Å². The number of hydrogen-bond donors (Lipinski definition) is 1. The number of nitrogens with one attached hydrogen (secondary N) is 1. The van der Waals surface area contributed by atoms with Gasteiger partial charge in [0.05, 0.1) is 23.7 Å². The predicted octanol–water partition coefficient (Wildman–Crippen LogP) is 3.98. The highest BCUT2D eigenvalue weighted by atomic mass is 35.5. The Morgan fingerprint density at radius 1 is 1.22 bits per heavy atom. The molecule has 2 aromatic carbocycles. The molecule has 142 valence electrons. The van der Waals surface area contributed by atoms with E-state index in [1.807, 2.05) is 0 Å². The highest BCUT2D eigenvalue weighted by Crippen LogP contribution is 2.28. The maximum atomic E-state index is 13.1. The Hall–Kier alpha value is -2.60. The average Bonchev–Trinajstić information content (AvgIpc) is 2.69. The minimum atomic E-state index is -0.390. The van der Waals surface area contributed by atoms with Crippen molar-refractivity contribution in [2.24, 2.45) is 5.92 Å². The van der Waals surface area contributed by atoms with Gasteiger partial charge < -0.3 is 15.0 Å². The van der Waals surface area contributed by atoms with Crippen LogP contribution in [0, 0.1) is 11.7 Å². The largest absolute Gasteiger partial charge is 0.497 e. The van der Waals surface area contributed by atoms with E-state index in [1.54, 1.807) is 30.2 Å². The summed E-state index contributed by atoms with van der Waals surface area (Å²) < 4.78 is 18.1. The van der Waals surface area contributed by atoms with E-state index in [4.69, 9.17) is 16.3 Å². The van der Waals surface area contributed by atoms with Gasteiger partial charge in [-0.25, -0.2) is 4.39 Å². The minimum absolute atomic E-state index is 0.182. The van der Waals surface area contributed by atoms with E-state index in [2.05, 4.69) is 5.32 Å². The summed E-state index contributed by atoms with van der Waals surface area (Å²) in [6, 6.07) is 10.5. The van der Waals surface area contributed by atoms with Crippen molar-refractivity contribution in [3.63, 3.8) is 0 Å². The molecule has 7 heteroatoms. The molecule has 0 spiro atoms.